The Kier molecular flexibility index (Phi) is 5.99. The van der Waals surface area contributed by atoms with Gasteiger partial charge in [0.2, 0.25) is 0 Å². The van der Waals surface area contributed by atoms with Gasteiger partial charge in [-0.05, 0) is 53.2 Å². The first-order valence-electron chi connectivity index (χ1n) is 8.45. The van der Waals surface area contributed by atoms with E-state index in [1.165, 1.54) is 0 Å². The Labute approximate surface area is 158 Å². The van der Waals surface area contributed by atoms with Gasteiger partial charge in [0.15, 0.2) is 5.43 Å². The lowest BCUT2D eigenvalue weighted by molar-refractivity contribution is 0.517. The van der Waals surface area contributed by atoms with Crippen molar-refractivity contribution in [2.75, 3.05) is 0 Å². The number of benzene rings is 1. The van der Waals surface area contributed by atoms with Crippen molar-refractivity contribution in [3.05, 3.63) is 38.7 Å². The van der Waals surface area contributed by atoms with Gasteiger partial charge < -0.3 is 8.97 Å². The van der Waals surface area contributed by atoms with Gasteiger partial charge in [0.05, 0.1) is 11.4 Å². The standard InChI is InChI=1S/C19H27NO3S2/c1-8-14-11(3)16(21)15-17(23-14)13(9-10(2)18(15)24)12(4)20-25(22)19(5,6)7/h9,12,20,24H,8H2,1-7H3/t12-,25-/m1/s1. The van der Waals surface area contributed by atoms with Crippen LogP contribution in [-0.4, -0.2) is 9.30 Å². The third-order valence-electron chi connectivity index (χ3n) is 4.31. The van der Waals surface area contributed by atoms with Crippen molar-refractivity contribution in [1.82, 2.24) is 4.72 Å². The average molecular weight is 382 g/mol. The molecule has 1 N–H and O–H groups in total. The fourth-order valence-corrected chi connectivity index (χ4v) is 3.78. The van der Waals surface area contributed by atoms with Crippen LogP contribution in [-0.2, 0) is 17.8 Å². The van der Waals surface area contributed by atoms with E-state index < -0.39 is 11.4 Å². The molecule has 4 nitrogen and oxygen atoms in total. The molecule has 138 valence electrons. The molecule has 0 unspecified atom stereocenters. The number of thiol groups is 1. The third-order valence-corrected chi connectivity index (χ3v) is 6.57. The van der Waals surface area contributed by atoms with Gasteiger partial charge in [-0.1, -0.05) is 6.92 Å². The molecule has 2 rings (SSSR count). The van der Waals surface area contributed by atoms with Crippen molar-refractivity contribution in [2.45, 2.75) is 70.6 Å². The van der Waals surface area contributed by atoms with Crippen LogP contribution in [0.5, 0.6) is 0 Å². The molecule has 1 aromatic carbocycles. The highest BCUT2D eigenvalue weighted by Gasteiger charge is 2.30. The lowest BCUT2D eigenvalue weighted by atomic mass is 10.00. The summed E-state index contributed by atoms with van der Waals surface area (Å²) in [6, 6.07) is 1.73. The Hall–Kier alpha value is -0.950. The predicted molar refractivity (Wildman–Crippen MR) is 108 cm³/mol. The van der Waals surface area contributed by atoms with Crippen molar-refractivity contribution in [3.8, 4) is 0 Å². The van der Waals surface area contributed by atoms with Crippen LogP contribution in [0.15, 0.2) is 20.2 Å². The quantitative estimate of drug-likeness (QED) is 0.609. The van der Waals surface area contributed by atoms with Gasteiger partial charge in [-0.2, -0.15) is 0 Å². The average Bonchev–Trinajstić information content (AvgIpc) is 2.52. The Morgan fingerprint density at radius 2 is 1.96 bits per heavy atom. The molecule has 0 bridgehead atoms. The van der Waals surface area contributed by atoms with E-state index in [2.05, 4.69) is 17.4 Å². The summed E-state index contributed by atoms with van der Waals surface area (Å²) in [7, 11) is 0. The van der Waals surface area contributed by atoms with E-state index >= 15 is 0 Å². The first-order chi connectivity index (χ1) is 11.5. The second-order valence-electron chi connectivity index (χ2n) is 7.39. The van der Waals surface area contributed by atoms with Crippen LogP contribution in [0.1, 0.15) is 63.1 Å². The van der Waals surface area contributed by atoms with Gasteiger partial charge in [0.25, 0.3) is 0 Å². The van der Waals surface area contributed by atoms with E-state index in [-0.39, 0.29) is 16.2 Å². The second kappa shape index (κ2) is 7.35. The molecular formula is C19H27NO3S2. The number of rotatable bonds is 4. The summed E-state index contributed by atoms with van der Waals surface area (Å²) in [5.41, 5.74) is 2.85. The largest absolute Gasteiger partial charge is 0.598 e. The van der Waals surface area contributed by atoms with Crippen molar-refractivity contribution in [3.63, 3.8) is 0 Å². The van der Waals surface area contributed by atoms with Gasteiger partial charge in [-0.25, -0.2) is 0 Å². The molecule has 0 aliphatic heterocycles. The summed E-state index contributed by atoms with van der Waals surface area (Å²) in [4.78, 5) is 13.5. The lowest BCUT2D eigenvalue weighted by Crippen LogP contribution is -2.40. The van der Waals surface area contributed by atoms with Crippen LogP contribution in [0, 0.1) is 13.8 Å². The minimum atomic E-state index is -1.23. The minimum Gasteiger partial charge on any atom is -0.598 e. The molecule has 1 aromatic heterocycles. The molecule has 1 heterocycles. The first-order valence-corrected chi connectivity index (χ1v) is 10.1. The molecule has 6 heteroatoms. The molecule has 2 atom stereocenters. The normalized spacial score (nSPS) is 14.8. The molecule has 0 fully saturated rings. The number of hydrogen-bond acceptors (Lipinski definition) is 5. The van der Waals surface area contributed by atoms with Gasteiger partial charge >= 0.3 is 0 Å². The Bertz CT molecular complexity index is 853. The first kappa shape index (κ1) is 20.4. The third kappa shape index (κ3) is 3.92. The van der Waals surface area contributed by atoms with E-state index in [0.717, 1.165) is 11.1 Å². The SMILES string of the molecule is CCc1oc2c([C@@H](C)N[S@+]([O-])C(C)(C)C)cc(C)c(S)c2c(=O)c1C. The zero-order valence-electron chi connectivity index (χ0n) is 15.9. The highest BCUT2D eigenvalue weighted by atomic mass is 32.2. The van der Waals surface area contributed by atoms with Gasteiger partial charge in [0.1, 0.15) is 16.1 Å². The Morgan fingerprint density at radius 3 is 2.48 bits per heavy atom. The van der Waals surface area contributed by atoms with E-state index in [4.69, 9.17) is 4.42 Å². The van der Waals surface area contributed by atoms with Crippen LogP contribution < -0.4 is 10.2 Å². The molecule has 0 aliphatic carbocycles. The number of hydrogen-bond donors (Lipinski definition) is 2. The van der Waals surface area contributed by atoms with Crippen molar-refractivity contribution >= 4 is 35.0 Å². The maximum Gasteiger partial charge on any atom is 0.196 e. The van der Waals surface area contributed by atoms with Gasteiger partial charge in [-0.15, -0.1) is 17.4 Å². The molecule has 0 amide bonds. The maximum atomic E-state index is 12.8. The second-order valence-corrected chi connectivity index (χ2v) is 9.83. The Balaban J connectivity index is 2.70. The highest BCUT2D eigenvalue weighted by molar-refractivity contribution is 7.90. The fourth-order valence-electron chi connectivity index (χ4n) is 2.71. The predicted octanol–water partition coefficient (Wildman–Crippen LogP) is 4.37. The summed E-state index contributed by atoms with van der Waals surface area (Å²) < 4.78 is 21.3. The molecular weight excluding hydrogens is 354 g/mol. The van der Waals surface area contributed by atoms with Gasteiger partial charge in [-0.3, -0.25) is 4.79 Å². The molecule has 0 spiro atoms. The van der Waals surface area contributed by atoms with E-state index in [9.17, 15) is 9.35 Å². The van der Waals surface area contributed by atoms with Crippen LogP contribution in [0.3, 0.4) is 0 Å². The van der Waals surface area contributed by atoms with Crippen LogP contribution in [0.25, 0.3) is 11.0 Å². The zero-order valence-corrected chi connectivity index (χ0v) is 17.7. The van der Waals surface area contributed by atoms with Crippen LogP contribution in [0.2, 0.25) is 0 Å². The molecule has 0 aliphatic rings. The minimum absolute atomic E-state index is 0.0443. The molecule has 0 saturated heterocycles. The van der Waals surface area contributed by atoms with Crippen molar-refractivity contribution in [1.29, 1.82) is 0 Å². The monoisotopic (exact) mass is 381 g/mol. The van der Waals surface area contributed by atoms with Crippen LogP contribution >= 0.6 is 12.6 Å². The highest BCUT2D eigenvalue weighted by Crippen LogP contribution is 2.32. The summed E-state index contributed by atoms with van der Waals surface area (Å²) in [5.74, 6) is 0.680. The Morgan fingerprint density at radius 1 is 1.36 bits per heavy atom. The zero-order chi connectivity index (χ0) is 19.1. The summed E-state index contributed by atoms with van der Waals surface area (Å²) in [6.07, 6.45) is 0.641. The summed E-state index contributed by atoms with van der Waals surface area (Å²) in [6.45, 7) is 13.4. The van der Waals surface area contributed by atoms with E-state index in [1.54, 1.807) is 6.92 Å². The fraction of sp³-hybridized carbons (Fsp3) is 0.526. The number of aryl methyl sites for hydroxylation is 2. The van der Waals surface area contributed by atoms with E-state index in [0.29, 0.717) is 33.6 Å². The summed E-state index contributed by atoms with van der Waals surface area (Å²) in [5, 5.41) is 0.503. The van der Waals surface area contributed by atoms with Crippen molar-refractivity contribution in [2.24, 2.45) is 0 Å². The smallest absolute Gasteiger partial charge is 0.196 e. The lowest BCUT2D eigenvalue weighted by Gasteiger charge is -2.27. The molecule has 0 saturated carbocycles. The van der Waals surface area contributed by atoms with E-state index in [1.807, 2.05) is 47.6 Å². The molecule has 2 aromatic rings. The number of nitrogens with one attached hydrogen (secondary N) is 1. The van der Waals surface area contributed by atoms with Gasteiger partial charge in [0, 0.05) is 33.8 Å². The maximum absolute atomic E-state index is 12.8. The topological polar surface area (TPSA) is 65.3 Å². The number of fused-ring (bicyclic) bond motifs is 1. The molecule has 25 heavy (non-hydrogen) atoms. The van der Waals surface area contributed by atoms with Crippen molar-refractivity contribution < 1.29 is 8.97 Å². The van der Waals surface area contributed by atoms with Crippen LogP contribution in [0.4, 0.5) is 0 Å². The summed E-state index contributed by atoms with van der Waals surface area (Å²) >= 11 is 3.31. The molecule has 0 radical (unpaired) electrons.